The molecule has 5 heteroatoms. The highest BCUT2D eigenvalue weighted by molar-refractivity contribution is 9.10. The first-order valence-corrected chi connectivity index (χ1v) is 6.81. The summed E-state index contributed by atoms with van der Waals surface area (Å²) in [6.07, 6.45) is 0. The number of rotatable bonds is 3. The van der Waals surface area contributed by atoms with Crippen molar-refractivity contribution < 1.29 is 13.2 Å². The van der Waals surface area contributed by atoms with Crippen LogP contribution in [-0.4, -0.2) is 7.05 Å². The van der Waals surface area contributed by atoms with Crippen molar-refractivity contribution in [2.24, 2.45) is 0 Å². The molecule has 106 valence electrons. The molecule has 2 aromatic carbocycles. The first-order valence-electron chi connectivity index (χ1n) is 6.02. The summed E-state index contributed by atoms with van der Waals surface area (Å²) in [5.74, 6) is -2.34. The van der Waals surface area contributed by atoms with E-state index >= 15 is 0 Å². The van der Waals surface area contributed by atoms with Crippen molar-refractivity contribution in [2.75, 3.05) is 7.05 Å². The molecule has 2 aromatic rings. The van der Waals surface area contributed by atoms with Gasteiger partial charge in [-0.1, -0.05) is 28.1 Å². The smallest absolute Gasteiger partial charge is 0.164 e. The van der Waals surface area contributed by atoms with E-state index in [1.807, 2.05) is 0 Å². The maximum absolute atomic E-state index is 14.1. The van der Waals surface area contributed by atoms with Crippen molar-refractivity contribution in [1.82, 2.24) is 5.32 Å². The largest absolute Gasteiger partial charge is 0.309 e. The summed E-state index contributed by atoms with van der Waals surface area (Å²) >= 11 is 3.25. The molecule has 0 saturated carbocycles. The van der Waals surface area contributed by atoms with Crippen LogP contribution in [0.5, 0.6) is 0 Å². The molecule has 0 bridgehead atoms. The van der Waals surface area contributed by atoms with E-state index in [-0.39, 0.29) is 16.7 Å². The van der Waals surface area contributed by atoms with Crippen LogP contribution in [0.3, 0.4) is 0 Å². The van der Waals surface area contributed by atoms with Crippen molar-refractivity contribution >= 4 is 15.9 Å². The lowest BCUT2D eigenvalue weighted by Crippen LogP contribution is -2.21. The lowest BCUT2D eigenvalue weighted by molar-refractivity contribution is 0.478. The molecule has 0 aliphatic carbocycles. The summed E-state index contributed by atoms with van der Waals surface area (Å²) in [6.45, 7) is 1.48. The van der Waals surface area contributed by atoms with Crippen molar-refractivity contribution in [2.45, 2.75) is 13.0 Å². The zero-order chi connectivity index (χ0) is 14.9. The molecule has 1 atom stereocenters. The zero-order valence-corrected chi connectivity index (χ0v) is 12.6. The van der Waals surface area contributed by atoms with Crippen molar-refractivity contribution in [3.63, 3.8) is 0 Å². The van der Waals surface area contributed by atoms with Crippen LogP contribution in [0.1, 0.15) is 22.7 Å². The van der Waals surface area contributed by atoms with Crippen molar-refractivity contribution in [3.8, 4) is 0 Å². The Labute approximate surface area is 123 Å². The Morgan fingerprint density at radius 1 is 1.00 bits per heavy atom. The molecule has 0 amide bonds. The molecular formula is C15H13BrF3N. The van der Waals surface area contributed by atoms with E-state index < -0.39 is 23.5 Å². The predicted octanol–water partition coefficient (Wildman–Crippen LogP) is 4.48. The average Bonchev–Trinajstić information content (AvgIpc) is 2.43. The van der Waals surface area contributed by atoms with Crippen LogP contribution in [-0.2, 0) is 0 Å². The van der Waals surface area contributed by atoms with Gasteiger partial charge in [0.25, 0.3) is 0 Å². The van der Waals surface area contributed by atoms with E-state index in [2.05, 4.69) is 21.2 Å². The van der Waals surface area contributed by atoms with Gasteiger partial charge < -0.3 is 5.32 Å². The summed E-state index contributed by atoms with van der Waals surface area (Å²) in [7, 11) is 1.57. The van der Waals surface area contributed by atoms with Crippen LogP contribution in [0, 0.1) is 24.4 Å². The summed E-state index contributed by atoms with van der Waals surface area (Å²) in [5.41, 5.74) is 0.549. The summed E-state index contributed by atoms with van der Waals surface area (Å²) in [6, 6.07) is 6.57. The highest BCUT2D eigenvalue weighted by Gasteiger charge is 2.22. The Hall–Kier alpha value is -1.33. The number of hydrogen-bond acceptors (Lipinski definition) is 1. The van der Waals surface area contributed by atoms with Gasteiger partial charge in [-0.25, -0.2) is 13.2 Å². The maximum atomic E-state index is 14.1. The van der Waals surface area contributed by atoms with Crippen LogP contribution >= 0.6 is 15.9 Å². The normalized spacial score (nSPS) is 12.5. The van der Waals surface area contributed by atoms with E-state index in [0.29, 0.717) is 4.47 Å². The monoisotopic (exact) mass is 343 g/mol. The summed E-state index contributed by atoms with van der Waals surface area (Å²) in [4.78, 5) is 0. The van der Waals surface area contributed by atoms with Crippen LogP contribution in [0.25, 0.3) is 0 Å². The van der Waals surface area contributed by atoms with Gasteiger partial charge in [-0.05, 0) is 37.7 Å². The highest BCUT2D eigenvalue weighted by atomic mass is 79.9. The second kappa shape index (κ2) is 5.97. The maximum Gasteiger partial charge on any atom is 0.164 e. The molecule has 0 radical (unpaired) electrons. The quantitative estimate of drug-likeness (QED) is 0.866. The number of hydrogen-bond donors (Lipinski definition) is 1. The minimum absolute atomic E-state index is 0.0765. The predicted molar refractivity (Wildman–Crippen MR) is 76.1 cm³/mol. The minimum atomic E-state index is -0.955. The van der Waals surface area contributed by atoms with E-state index in [4.69, 9.17) is 0 Å². The third-order valence-corrected chi connectivity index (χ3v) is 3.67. The van der Waals surface area contributed by atoms with Crippen LogP contribution in [0.15, 0.2) is 34.8 Å². The van der Waals surface area contributed by atoms with Gasteiger partial charge in [-0.2, -0.15) is 0 Å². The first-order chi connectivity index (χ1) is 9.45. The Balaban J connectivity index is 2.58. The Kier molecular flexibility index (Phi) is 4.50. The van der Waals surface area contributed by atoms with Gasteiger partial charge in [-0.15, -0.1) is 0 Å². The second-order valence-electron chi connectivity index (χ2n) is 4.49. The molecule has 0 aromatic heterocycles. The van der Waals surface area contributed by atoms with Crippen LogP contribution in [0.2, 0.25) is 0 Å². The zero-order valence-electron chi connectivity index (χ0n) is 11.0. The van der Waals surface area contributed by atoms with Gasteiger partial charge >= 0.3 is 0 Å². The second-order valence-corrected chi connectivity index (χ2v) is 5.40. The fraction of sp³-hybridized carbons (Fsp3) is 0.200. The van der Waals surface area contributed by atoms with E-state index in [1.54, 1.807) is 19.2 Å². The molecular weight excluding hydrogens is 331 g/mol. The lowest BCUT2D eigenvalue weighted by atomic mass is 9.96. The SMILES string of the molecule is CNC(c1cc(Br)ccc1F)c1ccc(C)c(F)c1F. The molecule has 0 saturated heterocycles. The standard InChI is InChI=1S/C15H13BrF3N/c1-8-3-5-10(14(19)13(8)18)15(20-2)11-7-9(16)4-6-12(11)17/h3-7,15,20H,1-2H3. The molecule has 0 spiro atoms. The molecule has 0 heterocycles. The van der Waals surface area contributed by atoms with Gasteiger partial charge in [0.2, 0.25) is 0 Å². The van der Waals surface area contributed by atoms with E-state index in [1.165, 1.54) is 25.1 Å². The number of nitrogens with one attached hydrogen (secondary N) is 1. The fourth-order valence-corrected chi connectivity index (χ4v) is 2.48. The van der Waals surface area contributed by atoms with Gasteiger partial charge in [0.05, 0.1) is 6.04 Å². The molecule has 1 unspecified atom stereocenters. The van der Waals surface area contributed by atoms with Crippen molar-refractivity contribution in [1.29, 1.82) is 0 Å². The topological polar surface area (TPSA) is 12.0 Å². The summed E-state index contributed by atoms with van der Waals surface area (Å²) in [5, 5.41) is 2.82. The third-order valence-electron chi connectivity index (χ3n) is 3.17. The molecule has 1 N–H and O–H groups in total. The highest BCUT2D eigenvalue weighted by Crippen LogP contribution is 2.30. The fourth-order valence-electron chi connectivity index (χ4n) is 2.10. The lowest BCUT2D eigenvalue weighted by Gasteiger charge is -2.19. The number of halogens is 4. The van der Waals surface area contributed by atoms with Crippen LogP contribution in [0.4, 0.5) is 13.2 Å². The molecule has 0 aliphatic heterocycles. The average molecular weight is 344 g/mol. The Bertz CT molecular complexity index is 643. The number of aryl methyl sites for hydroxylation is 1. The summed E-state index contributed by atoms with van der Waals surface area (Å²) < 4.78 is 42.3. The molecule has 0 fully saturated rings. The minimum Gasteiger partial charge on any atom is -0.309 e. The molecule has 0 aliphatic rings. The van der Waals surface area contributed by atoms with Gasteiger partial charge in [0.15, 0.2) is 11.6 Å². The van der Waals surface area contributed by atoms with Gasteiger partial charge in [0, 0.05) is 15.6 Å². The third kappa shape index (κ3) is 2.74. The van der Waals surface area contributed by atoms with E-state index in [0.717, 1.165) is 0 Å². The van der Waals surface area contributed by atoms with Crippen LogP contribution < -0.4 is 5.32 Å². The molecule has 2 rings (SSSR count). The first kappa shape index (κ1) is 15.1. The Morgan fingerprint density at radius 2 is 1.70 bits per heavy atom. The molecule has 1 nitrogen and oxygen atoms in total. The van der Waals surface area contributed by atoms with Crippen molar-refractivity contribution in [3.05, 3.63) is 68.9 Å². The molecule has 20 heavy (non-hydrogen) atoms. The van der Waals surface area contributed by atoms with Gasteiger partial charge in [-0.3, -0.25) is 0 Å². The van der Waals surface area contributed by atoms with E-state index in [9.17, 15) is 13.2 Å². The number of benzene rings is 2. The Morgan fingerprint density at radius 3 is 2.35 bits per heavy atom. The van der Waals surface area contributed by atoms with Gasteiger partial charge in [0.1, 0.15) is 5.82 Å².